The fraction of sp³-hybridized carbons (Fsp3) is 0.176. The van der Waals surface area contributed by atoms with Gasteiger partial charge in [0, 0.05) is 0 Å². The fourth-order valence-electron chi connectivity index (χ4n) is 2.09. The van der Waals surface area contributed by atoms with Gasteiger partial charge in [-0.2, -0.15) is 5.26 Å². The molecule has 1 aromatic carbocycles. The summed E-state index contributed by atoms with van der Waals surface area (Å²) in [7, 11) is 0. The molecule has 2 heterocycles. The van der Waals surface area contributed by atoms with Crippen molar-refractivity contribution in [2.24, 2.45) is 0 Å². The van der Waals surface area contributed by atoms with Crippen molar-refractivity contribution in [1.82, 2.24) is 10.2 Å². The third-order valence-electron chi connectivity index (χ3n) is 3.19. The van der Waals surface area contributed by atoms with Crippen LogP contribution in [0, 0.1) is 11.3 Å². The molecule has 9 heteroatoms. The number of carbonyl (C=O) groups is 1. The molecule has 0 spiro atoms. The number of rotatable bonds is 7. The largest absolute Gasteiger partial charge is 0.493 e. The summed E-state index contributed by atoms with van der Waals surface area (Å²) in [6, 6.07) is 11.1. The van der Waals surface area contributed by atoms with Gasteiger partial charge in [0.2, 0.25) is 5.91 Å². The van der Waals surface area contributed by atoms with Gasteiger partial charge in [0.25, 0.3) is 11.1 Å². The van der Waals surface area contributed by atoms with Crippen LogP contribution in [-0.4, -0.2) is 28.5 Å². The Hall–Kier alpha value is -2.83. The van der Waals surface area contributed by atoms with E-state index in [0.29, 0.717) is 34.4 Å². The molecule has 0 unspecified atom stereocenters. The number of amides is 1. The van der Waals surface area contributed by atoms with Crippen molar-refractivity contribution < 1.29 is 13.9 Å². The lowest BCUT2D eigenvalue weighted by atomic mass is 10.2. The molecule has 3 rings (SSSR count). The number of carbonyl (C=O) groups excluding carboxylic acids is 1. The van der Waals surface area contributed by atoms with Gasteiger partial charge in [-0.1, -0.05) is 23.9 Å². The molecule has 7 nitrogen and oxygen atoms in total. The number of anilines is 1. The minimum atomic E-state index is -0.247. The zero-order valence-corrected chi connectivity index (χ0v) is 15.4. The van der Waals surface area contributed by atoms with E-state index in [1.54, 1.807) is 11.4 Å². The van der Waals surface area contributed by atoms with Crippen molar-refractivity contribution in [3.8, 4) is 23.3 Å². The standard InChI is InChI=1S/C17H14N4O3S2/c1-2-23-13-6-4-3-5-12(13)15-20-21-17(24-15)26-10-14(22)19-16-11(9-18)7-8-25-16/h3-8H,2,10H2,1H3,(H,19,22). The number of ether oxygens (including phenoxy) is 1. The molecule has 1 N–H and O–H groups in total. The Morgan fingerprint density at radius 3 is 3.04 bits per heavy atom. The highest BCUT2D eigenvalue weighted by Gasteiger charge is 2.15. The van der Waals surface area contributed by atoms with E-state index in [-0.39, 0.29) is 16.9 Å². The molecule has 0 saturated carbocycles. The summed E-state index contributed by atoms with van der Waals surface area (Å²) in [5.74, 6) is 0.845. The summed E-state index contributed by atoms with van der Waals surface area (Å²) in [6.07, 6.45) is 0. The Labute approximate surface area is 158 Å². The quantitative estimate of drug-likeness (QED) is 0.616. The van der Waals surface area contributed by atoms with Gasteiger partial charge >= 0.3 is 0 Å². The average molecular weight is 386 g/mol. The third-order valence-corrected chi connectivity index (χ3v) is 4.84. The van der Waals surface area contributed by atoms with Crippen LogP contribution in [0.25, 0.3) is 11.5 Å². The Bertz CT molecular complexity index is 945. The minimum absolute atomic E-state index is 0.0948. The number of aromatic nitrogens is 2. The summed E-state index contributed by atoms with van der Waals surface area (Å²) >= 11 is 2.43. The summed E-state index contributed by atoms with van der Waals surface area (Å²) in [5, 5.41) is 22.2. The lowest BCUT2D eigenvalue weighted by Crippen LogP contribution is -2.13. The van der Waals surface area contributed by atoms with Crippen LogP contribution in [0.1, 0.15) is 12.5 Å². The molecule has 0 saturated heterocycles. The van der Waals surface area contributed by atoms with Crippen molar-refractivity contribution in [2.45, 2.75) is 12.1 Å². The monoisotopic (exact) mass is 386 g/mol. The Morgan fingerprint density at radius 2 is 2.23 bits per heavy atom. The molecule has 1 amide bonds. The highest BCUT2D eigenvalue weighted by atomic mass is 32.2. The topological polar surface area (TPSA) is 101 Å². The lowest BCUT2D eigenvalue weighted by molar-refractivity contribution is -0.113. The van der Waals surface area contributed by atoms with E-state index in [1.165, 1.54) is 11.3 Å². The highest BCUT2D eigenvalue weighted by molar-refractivity contribution is 7.99. The summed E-state index contributed by atoms with van der Waals surface area (Å²) < 4.78 is 11.2. The first kappa shape index (κ1) is 18.0. The molecule has 26 heavy (non-hydrogen) atoms. The lowest BCUT2D eigenvalue weighted by Gasteiger charge is -2.06. The molecule has 0 radical (unpaired) electrons. The van der Waals surface area contributed by atoms with Gasteiger partial charge in [-0.05, 0) is 30.5 Å². The van der Waals surface area contributed by atoms with Gasteiger partial charge < -0.3 is 14.5 Å². The number of benzene rings is 1. The first-order valence-corrected chi connectivity index (χ1v) is 9.53. The molecule has 0 bridgehead atoms. The molecule has 0 aliphatic heterocycles. The second kappa shape index (κ2) is 8.51. The van der Waals surface area contributed by atoms with Crippen molar-refractivity contribution >= 4 is 34.0 Å². The second-order valence-electron chi connectivity index (χ2n) is 4.91. The maximum absolute atomic E-state index is 12.0. The van der Waals surface area contributed by atoms with E-state index < -0.39 is 0 Å². The van der Waals surface area contributed by atoms with Crippen LogP contribution in [-0.2, 0) is 4.79 Å². The highest BCUT2D eigenvalue weighted by Crippen LogP contribution is 2.30. The SMILES string of the molecule is CCOc1ccccc1-c1nnc(SCC(=O)Nc2sccc2C#N)o1. The Kier molecular flexibility index (Phi) is 5.88. The van der Waals surface area contributed by atoms with Crippen LogP contribution in [0.5, 0.6) is 5.75 Å². The molecule has 0 atom stereocenters. The van der Waals surface area contributed by atoms with E-state index >= 15 is 0 Å². The number of thiophene rings is 1. The number of nitrogens with one attached hydrogen (secondary N) is 1. The molecule has 132 valence electrons. The zero-order chi connectivity index (χ0) is 18.4. The van der Waals surface area contributed by atoms with E-state index in [1.807, 2.05) is 37.3 Å². The molecular weight excluding hydrogens is 372 g/mol. The van der Waals surface area contributed by atoms with Gasteiger partial charge in [-0.3, -0.25) is 4.79 Å². The maximum Gasteiger partial charge on any atom is 0.277 e. The summed E-state index contributed by atoms with van der Waals surface area (Å²) in [5.41, 5.74) is 1.15. The molecule has 2 aromatic heterocycles. The number of nitriles is 1. The van der Waals surface area contributed by atoms with Crippen LogP contribution >= 0.6 is 23.1 Å². The molecule has 0 aliphatic rings. The molecular formula is C17H14N4O3S2. The van der Waals surface area contributed by atoms with Crippen molar-refractivity contribution in [3.63, 3.8) is 0 Å². The van der Waals surface area contributed by atoms with Crippen molar-refractivity contribution in [1.29, 1.82) is 5.26 Å². The molecule has 0 fully saturated rings. The normalized spacial score (nSPS) is 10.3. The summed E-state index contributed by atoms with van der Waals surface area (Å²) in [4.78, 5) is 12.0. The van der Waals surface area contributed by atoms with Gasteiger partial charge in [0.1, 0.15) is 16.8 Å². The number of hydrogen-bond donors (Lipinski definition) is 1. The smallest absolute Gasteiger partial charge is 0.277 e. The first-order chi connectivity index (χ1) is 12.7. The van der Waals surface area contributed by atoms with Crippen LogP contribution < -0.4 is 10.1 Å². The number of thioether (sulfide) groups is 1. The maximum atomic E-state index is 12.0. The Morgan fingerprint density at radius 1 is 1.38 bits per heavy atom. The average Bonchev–Trinajstić information content (AvgIpc) is 3.30. The Balaban J connectivity index is 1.62. The summed E-state index contributed by atoms with van der Waals surface area (Å²) in [6.45, 7) is 2.43. The van der Waals surface area contributed by atoms with E-state index in [2.05, 4.69) is 15.5 Å². The predicted octanol–water partition coefficient (Wildman–Crippen LogP) is 3.80. The predicted molar refractivity (Wildman–Crippen MR) is 99.3 cm³/mol. The third kappa shape index (κ3) is 4.22. The van der Waals surface area contributed by atoms with Crippen LogP contribution in [0.4, 0.5) is 5.00 Å². The van der Waals surface area contributed by atoms with E-state index in [9.17, 15) is 4.79 Å². The van der Waals surface area contributed by atoms with Crippen molar-refractivity contribution in [2.75, 3.05) is 17.7 Å². The number of nitrogens with zero attached hydrogens (tertiary/aromatic N) is 3. The van der Waals surface area contributed by atoms with Gasteiger partial charge in [0.15, 0.2) is 0 Å². The number of para-hydroxylation sites is 1. The zero-order valence-electron chi connectivity index (χ0n) is 13.8. The fourth-order valence-corrected chi connectivity index (χ4v) is 3.40. The second-order valence-corrected chi connectivity index (χ2v) is 6.76. The van der Waals surface area contributed by atoms with E-state index in [4.69, 9.17) is 14.4 Å². The van der Waals surface area contributed by atoms with Crippen LogP contribution in [0.3, 0.4) is 0 Å². The van der Waals surface area contributed by atoms with Gasteiger partial charge in [0.05, 0.1) is 23.5 Å². The van der Waals surface area contributed by atoms with Crippen molar-refractivity contribution in [3.05, 3.63) is 41.3 Å². The van der Waals surface area contributed by atoms with Gasteiger partial charge in [-0.15, -0.1) is 21.5 Å². The van der Waals surface area contributed by atoms with E-state index in [0.717, 1.165) is 11.8 Å². The van der Waals surface area contributed by atoms with Crippen LogP contribution in [0.2, 0.25) is 0 Å². The first-order valence-electron chi connectivity index (χ1n) is 7.67. The van der Waals surface area contributed by atoms with Crippen LogP contribution in [0.15, 0.2) is 45.4 Å². The van der Waals surface area contributed by atoms with Gasteiger partial charge in [-0.25, -0.2) is 0 Å². The molecule has 0 aliphatic carbocycles. The molecule has 3 aromatic rings. The number of hydrogen-bond acceptors (Lipinski definition) is 8. The minimum Gasteiger partial charge on any atom is -0.493 e.